The van der Waals surface area contributed by atoms with Crippen molar-refractivity contribution in [3.8, 4) is 0 Å². The number of hydrogen-bond acceptors (Lipinski definition) is 5. The van der Waals surface area contributed by atoms with E-state index >= 15 is 0 Å². The molecule has 0 saturated carbocycles. The van der Waals surface area contributed by atoms with Gasteiger partial charge in [-0.25, -0.2) is 4.79 Å². The first-order chi connectivity index (χ1) is 6.63. The van der Waals surface area contributed by atoms with Gasteiger partial charge in [-0.1, -0.05) is 6.42 Å². The molecule has 14 heavy (non-hydrogen) atoms. The Morgan fingerprint density at radius 2 is 1.79 bits per heavy atom. The molecule has 1 N–H and O–H groups in total. The van der Waals surface area contributed by atoms with Crippen molar-refractivity contribution in [2.24, 2.45) is 0 Å². The average Bonchev–Trinajstić information content (AvgIpc) is 2.08. The largest absolute Gasteiger partial charge is 0.505 e. The van der Waals surface area contributed by atoms with Gasteiger partial charge in [0.25, 0.3) is 5.09 Å². The second-order valence-electron chi connectivity index (χ2n) is 2.59. The minimum Gasteiger partial charge on any atom is -0.450 e. The van der Waals surface area contributed by atoms with Crippen LogP contribution in [0.1, 0.15) is 25.7 Å². The maximum atomic E-state index is 9.89. The van der Waals surface area contributed by atoms with Gasteiger partial charge in [-0.15, -0.1) is 10.1 Å². The van der Waals surface area contributed by atoms with E-state index in [0.717, 1.165) is 12.8 Å². The second-order valence-corrected chi connectivity index (χ2v) is 2.59. The predicted molar refractivity (Wildman–Crippen MR) is 45.4 cm³/mol. The minimum atomic E-state index is -1.28. The SMILES string of the molecule is O=C(O)OCCCCCCO[N+](=O)[O-]. The molecule has 0 atom stereocenters. The van der Waals surface area contributed by atoms with Crippen LogP contribution in [0.3, 0.4) is 0 Å². The maximum absolute atomic E-state index is 9.89. The molecule has 0 fully saturated rings. The van der Waals surface area contributed by atoms with Crippen molar-refractivity contribution in [3.05, 3.63) is 10.1 Å². The average molecular weight is 207 g/mol. The van der Waals surface area contributed by atoms with Gasteiger partial charge < -0.3 is 14.7 Å². The molecule has 0 heterocycles. The molecule has 0 unspecified atom stereocenters. The number of rotatable bonds is 8. The molecule has 0 radical (unpaired) electrons. The molecule has 0 aromatic carbocycles. The van der Waals surface area contributed by atoms with Crippen molar-refractivity contribution in [1.29, 1.82) is 0 Å². The van der Waals surface area contributed by atoms with E-state index in [1.807, 2.05) is 0 Å². The Kier molecular flexibility index (Phi) is 7.20. The lowest BCUT2D eigenvalue weighted by molar-refractivity contribution is -0.757. The van der Waals surface area contributed by atoms with E-state index in [-0.39, 0.29) is 13.2 Å². The van der Waals surface area contributed by atoms with Crippen molar-refractivity contribution < 1.29 is 24.6 Å². The van der Waals surface area contributed by atoms with Crippen molar-refractivity contribution in [2.75, 3.05) is 13.2 Å². The van der Waals surface area contributed by atoms with Crippen LogP contribution < -0.4 is 0 Å². The van der Waals surface area contributed by atoms with E-state index in [0.29, 0.717) is 12.8 Å². The van der Waals surface area contributed by atoms with Crippen molar-refractivity contribution in [3.63, 3.8) is 0 Å². The molecule has 0 spiro atoms. The Bertz CT molecular complexity index is 163. The van der Waals surface area contributed by atoms with Gasteiger partial charge in [0.05, 0.1) is 13.2 Å². The summed E-state index contributed by atoms with van der Waals surface area (Å²) in [6, 6.07) is 0. The highest BCUT2D eigenvalue weighted by atomic mass is 16.9. The third-order valence-corrected chi connectivity index (χ3v) is 1.46. The number of ether oxygens (including phenoxy) is 1. The molecule has 0 aromatic rings. The molecule has 0 aliphatic heterocycles. The lowest BCUT2D eigenvalue weighted by atomic mass is 10.2. The van der Waals surface area contributed by atoms with E-state index in [4.69, 9.17) is 5.11 Å². The highest BCUT2D eigenvalue weighted by Gasteiger charge is 1.97. The van der Waals surface area contributed by atoms with Gasteiger partial charge in [-0.2, -0.15) is 0 Å². The van der Waals surface area contributed by atoms with E-state index in [9.17, 15) is 14.9 Å². The molecule has 82 valence electrons. The minimum absolute atomic E-state index is 0.0901. The summed E-state index contributed by atoms with van der Waals surface area (Å²) in [6.45, 7) is 0.262. The third kappa shape index (κ3) is 10.5. The van der Waals surface area contributed by atoms with Gasteiger partial charge >= 0.3 is 6.16 Å². The molecule has 7 nitrogen and oxygen atoms in total. The van der Waals surface area contributed by atoms with Gasteiger partial charge in [0.2, 0.25) is 0 Å². The quantitative estimate of drug-likeness (QED) is 0.280. The molecule has 0 amide bonds. The summed E-state index contributed by atoms with van der Waals surface area (Å²) in [7, 11) is 0. The lowest BCUT2D eigenvalue weighted by Gasteiger charge is -2.00. The molecular weight excluding hydrogens is 194 g/mol. The first-order valence-corrected chi connectivity index (χ1v) is 4.26. The Morgan fingerprint density at radius 1 is 1.21 bits per heavy atom. The van der Waals surface area contributed by atoms with E-state index in [1.54, 1.807) is 0 Å². The summed E-state index contributed by atoms with van der Waals surface area (Å²) >= 11 is 0. The van der Waals surface area contributed by atoms with Crippen molar-refractivity contribution in [1.82, 2.24) is 0 Å². The summed E-state index contributed by atoms with van der Waals surface area (Å²) in [5.41, 5.74) is 0. The highest BCUT2D eigenvalue weighted by Crippen LogP contribution is 2.00. The van der Waals surface area contributed by atoms with E-state index in [2.05, 4.69) is 9.57 Å². The van der Waals surface area contributed by atoms with Crippen LogP contribution in [0.5, 0.6) is 0 Å². The standard InChI is InChI=1S/C7H13NO6/c9-7(10)13-5-3-1-2-4-6-14-8(11)12/h1-6H2,(H,9,10). The fourth-order valence-electron chi connectivity index (χ4n) is 0.856. The molecule has 0 aliphatic rings. The Balaban J connectivity index is 2.99. The van der Waals surface area contributed by atoms with Gasteiger partial charge in [0.15, 0.2) is 0 Å². The fraction of sp³-hybridized carbons (Fsp3) is 0.857. The topological polar surface area (TPSA) is 98.9 Å². The second kappa shape index (κ2) is 8.09. The van der Waals surface area contributed by atoms with E-state index < -0.39 is 11.2 Å². The number of carboxylic acid groups (broad SMARTS) is 1. The molecule has 0 aromatic heterocycles. The first kappa shape index (κ1) is 12.5. The highest BCUT2D eigenvalue weighted by molar-refractivity contribution is 5.56. The number of nitrogens with zero attached hydrogens (tertiary/aromatic N) is 1. The van der Waals surface area contributed by atoms with E-state index in [1.165, 1.54) is 0 Å². The zero-order valence-electron chi connectivity index (χ0n) is 7.68. The van der Waals surface area contributed by atoms with Crippen LogP contribution in [-0.4, -0.2) is 29.6 Å². The van der Waals surface area contributed by atoms with Crippen LogP contribution in [0.2, 0.25) is 0 Å². The number of carbonyl (C=O) groups is 1. The van der Waals surface area contributed by atoms with Gasteiger partial charge in [0.1, 0.15) is 0 Å². The smallest absolute Gasteiger partial charge is 0.450 e. The molecule has 0 rings (SSSR count). The number of unbranched alkanes of at least 4 members (excludes halogenated alkanes) is 3. The number of hydrogen-bond donors (Lipinski definition) is 1. The Morgan fingerprint density at radius 3 is 2.29 bits per heavy atom. The Labute approximate surface area is 80.7 Å². The van der Waals surface area contributed by atoms with Crippen molar-refractivity contribution in [2.45, 2.75) is 25.7 Å². The summed E-state index contributed by atoms with van der Waals surface area (Å²) < 4.78 is 4.26. The zero-order valence-corrected chi connectivity index (χ0v) is 7.68. The molecular formula is C7H13NO6. The van der Waals surface area contributed by atoms with Crippen LogP contribution in [-0.2, 0) is 9.57 Å². The molecule has 0 saturated heterocycles. The predicted octanol–water partition coefficient (Wildman–Crippen LogP) is 1.45. The third-order valence-electron chi connectivity index (χ3n) is 1.46. The monoisotopic (exact) mass is 207 g/mol. The molecule has 0 aliphatic carbocycles. The van der Waals surface area contributed by atoms with Crippen LogP contribution in [0.15, 0.2) is 0 Å². The van der Waals surface area contributed by atoms with Crippen LogP contribution >= 0.6 is 0 Å². The summed E-state index contributed by atoms with van der Waals surface area (Å²) in [6.07, 6.45) is 1.48. The van der Waals surface area contributed by atoms with Gasteiger partial charge in [-0.3, -0.25) is 0 Å². The lowest BCUT2D eigenvalue weighted by Crippen LogP contribution is -2.03. The first-order valence-electron chi connectivity index (χ1n) is 4.26. The normalized spacial score (nSPS) is 9.43. The summed E-state index contributed by atoms with van der Waals surface area (Å²) in [4.78, 5) is 23.7. The molecule has 0 bridgehead atoms. The van der Waals surface area contributed by atoms with Crippen LogP contribution in [0.25, 0.3) is 0 Å². The molecule has 7 heteroatoms. The van der Waals surface area contributed by atoms with Gasteiger partial charge in [-0.05, 0) is 19.3 Å². The van der Waals surface area contributed by atoms with Crippen LogP contribution in [0, 0.1) is 10.1 Å². The van der Waals surface area contributed by atoms with Crippen molar-refractivity contribution >= 4 is 6.16 Å². The summed E-state index contributed by atoms with van der Waals surface area (Å²) in [5, 5.41) is 17.0. The maximum Gasteiger partial charge on any atom is 0.505 e. The fourth-order valence-corrected chi connectivity index (χ4v) is 0.856. The zero-order chi connectivity index (χ0) is 10.8. The Hall–Kier alpha value is -1.53. The van der Waals surface area contributed by atoms with Gasteiger partial charge in [0, 0.05) is 0 Å². The summed E-state index contributed by atoms with van der Waals surface area (Å²) in [5.74, 6) is 0. The van der Waals surface area contributed by atoms with Crippen LogP contribution in [0.4, 0.5) is 4.79 Å².